The molecule has 2 nitrogen and oxygen atoms in total. The van der Waals surface area contributed by atoms with E-state index < -0.39 is 0 Å². The third-order valence-electron chi connectivity index (χ3n) is 11.5. The Morgan fingerprint density at radius 2 is 0.621 bits per heavy atom. The summed E-state index contributed by atoms with van der Waals surface area (Å²) in [7, 11) is 0. The number of rotatable bonds is 8. The van der Waals surface area contributed by atoms with Gasteiger partial charge < -0.3 is 9.32 Å². The van der Waals surface area contributed by atoms with Gasteiger partial charge in [-0.3, -0.25) is 0 Å². The van der Waals surface area contributed by atoms with Gasteiger partial charge in [-0.2, -0.15) is 0 Å². The van der Waals surface area contributed by atoms with E-state index in [1.807, 2.05) is 0 Å². The molecule has 0 amide bonds. The summed E-state index contributed by atoms with van der Waals surface area (Å²) < 4.78 is 6.47. The molecule has 58 heavy (non-hydrogen) atoms. The van der Waals surface area contributed by atoms with E-state index in [4.69, 9.17) is 4.42 Å². The first-order valence-corrected chi connectivity index (χ1v) is 19.8. The lowest BCUT2D eigenvalue weighted by Crippen LogP contribution is -2.09. The van der Waals surface area contributed by atoms with Gasteiger partial charge in [-0.15, -0.1) is 0 Å². The summed E-state index contributed by atoms with van der Waals surface area (Å²) in [6.45, 7) is 0. The summed E-state index contributed by atoms with van der Waals surface area (Å²) >= 11 is 0. The summed E-state index contributed by atoms with van der Waals surface area (Å²) in [4.78, 5) is 2.33. The molecule has 272 valence electrons. The normalized spacial score (nSPS) is 11.4. The van der Waals surface area contributed by atoms with E-state index in [0.717, 1.165) is 39.4 Å². The second-order valence-electron chi connectivity index (χ2n) is 14.9. The van der Waals surface area contributed by atoms with Gasteiger partial charge in [0.1, 0.15) is 11.2 Å². The maximum atomic E-state index is 6.47. The SMILES string of the molecule is c1ccc(-c2ccc(N(c3ccc(-c4ccccc4)cc3)c3ccc(-c4ccc(-c5ccc(-c6ccc7ccc8cccc9oc6c7c89)cc5)cc4)cc3)cc2)cc1. The molecule has 11 aromatic rings. The van der Waals surface area contributed by atoms with Crippen LogP contribution in [0.5, 0.6) is 0 Å². The average Bonchev–Trinajstić information content (AvgIpc) is 3.71. The largest absolute Gasteiger partial charge is 0.455 e. The van der Waals surface area contributed by atoms with Gasteiger partial charge in [0.05, 0.1) is 0 Å². The lowest BCUT2D eigenvalue weighted by molar-refractivity contribution is 0.670. The monoisotopic (exact) mass is 739 g/mol. The third-order valence-corrected chi connectivity index (χ3v) is 11.5. The summed E-state index contributed by atoms with van der Waals surface area (Å²) in [6, 6.07) is 80.5. The van der Waals surface area contributed by atoms with Crippen molar-refractivity contribution in [1.82, 2.24) is 0 Å². The zero-order valence-electron chi connectivity index (χ0n) is 31.7. The Hall–Kier alpha value is -7.68. The van der Waals surface area contributed by atoms with E-state index in [-0.39, 0.29) is 0 Å². The molecular formula is C56H37NO. The van der Waals surface area contributed by atoms with Crippen molar-refractivity contribution < 1.29 is 4.42 Å². The van der Waals surface area contributed by atoms with Crippen LogP contribution in [0.3, 0.4) is 0 Å². The van der Waals surface area contributed by atoms with E-state index in [1.165, 1.54) is 66.1 Å². The molecule has 11 rings (SSSR count). The minimum Gasteiger partial charge on any atom is -0.455 e. The van der Waals surface area contributed by atoms with Gasteiger partial charge >= 0.3 is 0 Å². The molecular weight excluding hydrogens is 703 g/mol. The minimum absolute atomic E-state index is 0.942. The number of hydrogen-bond acceptors (Lipinski definition) is 2. The summed E-state index contributed by atoms with van der Waals surface area (Å²) in [5, 5.41) is 4.85. The van der Waals surface area contributed by atoms with Crippen LogP contribution in [0.1, 0.15) is 0 Å². The molecule has 1 heterocycles. The molecule has 10 aromatic carbocycles. The number of furan rings is 1. The number of nitrogens with zero attached hydrogens (tertiary/aromatic N) is 1. The number of benzene rings is 10. The first kappa shape index (κ1) is 33.6. The van der Waals surface area contributed by atoms with Crippen LogP contribution >= 0.6 is 0 Å². The second-order valence-corrected chi connectivity index (χ2v) is 14.9. The van der Waals surface area contributed by atoms with Crippen LogP contribution in [-0.4, -0.2) is 0 Å². The molecule has 0 spiro atoms. The lowest BCUT2D eigenvalue weighted by atomic mass is 9.95. The molecule has 0 bridgehead atoms. The Morgan fingerprint density at radius 1 is 0.259 bits per heavy atom. The molecule has 0 atom stereocenters. The Morgan fingerprint density at radius 3 is 1.07 bits per heavy atom. The Bertz CT molecular complexity index is 3060. The molecule has 0 saturated carbocycles. The van der Waals surface area contributed by atoms with Gasteiger partial charge in [-0.1, -0.05) is 176 Å². The molecule has 1 aromatic heterocycles. The fourth-order valence-electron chi connectivity index (χ4n) is 8.47. The zero-order valence-corrected chi connectivity index (χ0v) is 31.7. The zero-order chi connectivity index (χ0) is 38.4. The molecule has 0 aliphatic rings. The van der Waals surface area contributed by atoms with Gasteiger partial charge in [-0.05, 0) is 109 Å². The van der Waals surface area contributed by atoms with E-state index >= 15 is 0 Å². The van der Waals surface area contributed by atoms with E-state index in [1.54, 1.807) is 0 Å². The maximum Gasteiger partial charge on any atom is 0.143 e. The molecule has 0 aliphatic heterocycles. The highest BCUT2D eigenvalue weighted by atomic mass is 16.3. The fraction of sp³-hybridized carbons (Fsp3) is 0. The lowest BCUT2D eigenvalue weighted by Gasteiger charge is -2.26. The second kappa shape index (κ2) is 14.1. The molecule has 0 fully saturated rings. The summed E-state index contributed by atoms with van der Waals surface area (Å²) in [5.74, 6) is 0. The maximum absolute atomic E-state index is 6.47. The van der Waals surface area contributed by atoms with Gasteiger partial charge in [0.25, 0.3) is 0 Å². The summed E-state index contributed by atoms with van der Waals surface area (Å²) in [5.41, 5.74) is 17.0. The van der Waals surface area contributed by atoms with E-state index in [9.17, 15) is 0 Å². The third kappa shape index (κ3) is 6.00. The van der Waals surface area contributed by atoms with Crippen LogP contribution in [0.15, 0.2) is 229 Å². The molecule has 2 heteroatoms. The highest BCUT2D eigenvalue weighted by Crippen LogP contribution is 2.42. The van der Waals surface area contributed by atoms with Crippen molar-refractivity contribution in [3.8, 4) is 55.6 Å². The molecule has 0 N–H and O–H groups in total. The van der Waals surface area contributed by atoms with Crippen LogP contribution < -0.4 is 4.90 Å². The van der Waals surface area contributed by atoms with Crippen molar-refractivity contribution in [2.24, 2.45) is 0 Å². The Balaban J connectivity index is 0.867. The van der Waals surface area contributed by atoms with Gasteiger partial charge in [-0.25, -0.2) is 0 Å². The van der Waals surface area contributed by atoms with Gasteiger partial charge in [0.15, 0.2) is 0 Å². The first-order valence-electron chi connectivity index (χ1n) is 19.8. The van der Waals surface area contributed by atoms with Crippen LogP contribution in [0.25, 0.3) is 88.3 Å². The average molecular weight is 740 g/mol. The van der Waals surface area contributed by atoms with Crippen molar-refractivity contribution >= 4 is 49.8 Å². The van der Waals surface area contributed by atoms with Crippen molar-refractivity contribution in [2.45, 2.75) is 0 Å². The number of hydrogen-bond donors (Lipinski definition) is 0. The van der Waals surface area contributed by atoms with Gasteiger partial charge in [0.2, 0.25) is 0 Å². The molecule has 0 unspecified atom stereocenters. The highest BCUT2D eigenvalue weighted by Gasteiger charge is 2.17. The topological polar surface area (TPSA) is 16.4 Å². The van der Waals surface area contributed by atoms with Gasteiger partial charge in [0, 0.05) is 33.4 Å². The van der Waals surface area contributed by atoms with E-state index in [0.29, 0.717) is 0 Å². The van der Waals surface area contributed by atoms with E-state index in [2.05, 4.69) is 229 Å². The first-order chi connectivity index (χ1) is 28.7. The number of anilines is 3. The van der Waals surface area contributed by atoms with Crippen molar-refractivity contribution in [3.05, 3.63) is 224 Å². The molecule has 0 saturated heterocycles. The van der Waals surface area contributed by atoms with Crippen LogP contribution in [0.2, 0.25) is 0 Å². The Labute approximate surface area is 337 Å². The summed E-state index contributed by atoms with van der Waals surface area (Å²) in [6.07, 6.45) is 0. The quantitative estimate of drug-likeness (QED) is 0.144. The van der Waals surface area contributed by atoms with Crippen molar-refractivity contribution in [3.63, 3.8) is 0 Å². The smallest absolute Gasteiger partial charge is 0.143 e. The standard InChI is InChI=1S/C56H37NO/c1-3-8-38(9-4-1)43-24-31-49(32-25-43)57(50-33-26-44(27-34-50)39-10-5-2-6-11-39)51-35-28-45(29-36-51)41-16-14-40(15-17-41)42-18-20-46(21-19-42)52-37-30-48-23-22-47-12-7-13-53-54(47)55(48)56(52)58-53/h1-37H. The predicted molar refractivity (Wildman–Crippen MR) is 244 cm³/mol. The van der Waals surface area contributed by atoms with Crippen LogP contribution in [0.4, 0.5) is 17.1 Å². The highest BCUT2D eigenvalue weighted by molar-refractivity contribution is 6.24. The Kier molecular flexibility index (Phi) is 8.19. The van der Waals surface area contributed by atoms with Crippen LogP contribution in [-0.2, 0) is 0 Å². The molecule has 0 radical (unpaired) electrons. The fourth-order valence-corrected chi connectivity index (χ4v) is 8.47. The molecule has 0 aliphatic carbocycles. The van der Waals surface area contributed by atoms with Crippen molar-refractivity contribution in [1.29, 1.82) is 0 Å². The minimum atomic E-state index is 0.942. The predicted octanol–water partition coefficient (Wildman–Crippen LogP) is 16.0. The van der Waals surface area contributed by atoms with Crippen LogP contribution in [0, 0.1) is 0 Å². The van der Waals surface area contributed by atoms with Crippen molar-refractivity contribution in [2.75, 3.05) is 4.90 Å².